The number of anilines is 2. The number of unbranched alkanes of at least 4 members (excludes halogenated alkanes) is 1. The number of amides is 2. The van der Waals surface area contributed by atoms with Gasteiger partial charge in [-0.2, -0.15) is 0 Å². The summed E-state index contributed by atoms with van der Waals surface area (Å²) in [6.07, 6.45) is 3.04. The van der Waals surface area contributed by atoms with Crippen LogP contribution in [0.5, 0.6) is 0 Å². The van der Waals surface area contributed by atoms with Crippen molar-refractivity contribution in [3.8, 4) is 0 Å². The Morgan fingerprint density at radius 3 is 2.78 bits per heavy atom. The molecular weight excluding hydrogens is 346 g/mol. The molecule has 0 atom stereocenters. The molecule has 0 fully saturated rings. The molecule has 7 heteroatoms. The van der Waals surface area contributed by atoms with E-state index in [1.54, 1.807) is 6.07 Å². The average molecular weight is 367 g/mol. The number of rotatable bonds is 6. The van der Waals surface area contributed by atoms with Gasteiger partial charge in [-0.25, -0.2) is 0 Å². The molecule has 3 rings (SSSR count). The predicted molar refractivity (Wildman–Crippen MR) is 103 cm³/mol. The van der Waals surface area contributed by atoms with Crippen LogP contribution in [0.3, 0.4) is 0 Å². The molecule has 2 amide bonds. The summed E-state index contributed by atoms with van der Waals surface area (Å²) in [5.74, 6) is -0.280. The van der Waals surface area contributed by atoms with Gasteiger partial charge >= 0.3 is 0 Å². The van der Waals surface area contributed by atoms with Crippen LogP contribution in [-0.4, -0.2) is 23.3 Å². The average Bonchev–Trinajstić information content (AvgIpc) is 2.67. The molecule has 0 bridgehead atoms. The van der Waals surface area contributed by atoms with E-state index in [4.69, 9.17) is 0 Å². The molecule has 27 heavy (non-hydrogen) atoms. The maximum Gasteiger partial charge on any atom is 0.270 e. The maximum absolute atomic E-state index is 12.4. The van der Waals surface area contributed by atoms with Crippen molar-refractivity contribution < 1.29 is 14.5 Å². The Morgan fingerprint density at radius 2 is 2.04 bits per heavy atom. The first-order chi connectivity index (χ1) is 13.0. The van der Waals surface area contributed by atoms with Crippen LogP contribution in [0.15, 0.2) is 42.5 Å². The Balaban J connectivity index is 1.79. The van der Waals surface area contributed by atoms with Crippen LogP contribution in [0.2, 0.25) is 0 Å². The number of nitro benzene ring substituents is 1. The van der Waals surface area contributed by atoms with E-state index < -0.39 is 10.8 Å². The molecule has 1 N–H and O–H groups in total. The molecule has 7 nitrogen and oxygen atoms in total. The van der Waals surface area contributed by atoms with Crippen LogP contribution < -0.4 is 10.2 Å². The lowest BCUT2D eigenvalue weighted by molar-refractivity contribution is -0.384. The molecule has 1 aliphatic heterocycles. The number of nitrogens with one attached hydrogen (secondary N) is 1. The number of carbonyl (C=O) groups is 2. The van der Waals surface area contributed by atoms with Crippen molar-refractivity contribution in [2.24, 2.45) is 0 Å². The Hall–Kier alpha value is -3.22. The van der Waals surface area contributed by atoms with Crippen LogP contribution >= 0.6 is 0 Å². The summed E-state index contributed by atoms with van der Waals surface area (Å²) in [4.78, 5) is 36.8. The van der Waals surface area contributed by atoms with Crippen LogP contribution in [-0.2, 0) is 11.2 Å². The number of non-ortho nitro benzene ring substituents is 1. The number of benzene rings is 2. The first-order valence-corrected chi connectivity index (χ1v) is 8.98. The molecule has 0 saturated carbocycles. The molecule has 0 radical (unpaired) electrons. The highest BCUT2D eigenvalue weighted by Crippen LogP contribution is 2.31. The molecule has 0 spiro atoms. The van der Waals surface area contributed by atoms with Gasteiger partial charge in [-0.15, -0.1) is 0 Å². The molecular formula is C20H21N3O4. The van der Waals surface area contributed by atoms with Gasteiger partial charge in [0.05, 0.1) is 4.92 Å². The van der Waals surface area contributed by atoms with E-state index in [1.807, 2.05) is 17.0 Å². The highest BCUT2D eigenvalue weighted by atomic mass is 16.6. The fourth-order valence-electron chi connectivity index (χ4n) is 3.16. The monoisotopic (exact) mass is 367 g/mol. The van der Waals surface area contributed by atoms with Crippen molar-refractivity contribution in [1.29, 1.82) is 0 Å². The molecule has 1 aliphatic rings. The Kier molecular flexibility index (Phi) is 5.49. The van der Waals surface area contributed by atoms with Crippen molar-refractivity contribution in [1.82, 2.24) is 0 Å². The second-order valence-electron chi connectivity index (χ2n) is 6.50. The third kappa shape index (κ3) is 4.13. The number of carbonyl (C=O) groups excluding carboxylic acids is 2. The fourth-order valence-corrected chi connectivity index (χ4v) is 3.16. The van der Waals surface area contributed by atoms with Crippen LogP contribution in [0.4, 0.5) is 17.1 Å². The molecule has 1 heterocycles. The summed E-state index contributed by atoms with van der Waals surface area (Å²) >= 11 is 0. The van der Waals surface area contributed by atoms with Gasteiger partial charge in [-0.1, -0.05) is 19.4 Å². The molecule has 140 valence electrons. The zero-order chi connectivity index (χ0) is 19.4. The SMILES string of the molecule is CCCCN1C(=O)CCc2cc(NC(=O)c3cccc([N+](=O)[O-])c3)ccc21. The van der Waals surface area contributed by atoms with Gasteiger partial charge < -0.3 is 10.2 Å². The van der Waals surface area contributed by atoms with E-state index in [-0.39, 0.29) is 17.2 Å². The lowest BCUT2D eigenvalue weighted by Gasteiger charge is -2.29. The summed E-state index contributed by atoms with van der Waals surface area (Å²) in [6, 6.07) is 11.1. The van der Waals surface area contributed by atoms with E-state index in [0.717, 1.165) is 24.1 Å². The number of fused-ring (bicyclic) bond motifs is 1. The number of nitrogens with zero attached hydrogens (tertiary/aromatic N) is 2. The molecule has 0 aliphatic carbocycles. The summed E-state index contributed by atoms with van der Waals surface area (Å²) in [6.45, 7) is 2.78. The van der Waals surface area contributed by atoms with Gasteiger partial charge in [0, 0.05) is 42.0 Å². The number of hydrogen-bond donors (Lipinski definition) is 1. The maximum atomic E-state index is 12.4. The zero-order valence-corrected chi connectivity index (χ0v) is 15.1. The first kappa shape index (κ1) is 18.6. The molecule has 0 saturated heterocycles. The first-order valence-electron chi connectivity index (χ1n) is 8.98. The van der Waals surface area contributed by atoms with E-state index >= 15 is 0 Å². The topological polar surface area (TPSA) is 92.6 Å². The third-order valence-corrected chi connectivity index (χ3v) is 4.59. The summed E-state index contributed by atoms with van der Waals surface area (Å²) in [5.41, 5.74) is 2.62. The minimum Gasteiger partial charge on any atom is -0.322 e. The lowest BCUT2D eigenvalue weighted by atomic mass is 10.00. The van der Waals surface area contributed by atoms with E-state index in [2.05, 4.69) is 12.2 Å². The van der Waals surface area contributed by atoms with E-state index in [9.17, 15) is 19.7 Å². The summed E-state index contributed by atoms with van der Waals surface area (Å²) < 4.78 is 0. The third-order valence-electron chi connectivity index (χ3n) is 4.59. The second kappa shape index (κ2) is 7.99. The minimum absolute atomic E-state index is 0.127. The normalized spacial score (nSPS) is 13.2. The van der Waals surface area contributed by atoms with Crippen LogP contribution in [0.1, 0.15) is 42.1 Å². The smallest absolute Gasteiger partial charge is 0.270 e. The van der Waals surface area contributed by atoms with Crippen LogP contribution in [0.25, 0.3) is 0 Å². The van der Waals surface area contributed by atoms with E-state index in [1.165, 1.54) is 24.3 Å². The minimum atomic E-state index is -0.530. The molecule has 0 unspecified atom stereocenters. The summed E-state index contributed by atoms with van der Waals surface area (Å²) in [5, 5.41) is 13.6. The van der Waals surface area contributed by atoms with Crippen LogP contribution in [0, 0.1) is 10.1 Å². The largest absolute Gasteiger partial charge is 0.322 e. The Labute approximate surface area is 157 Å². The zero-order valence-electron chi connectivity index (χ0n) is 15.1. The van der Waals surface area contributed by atoms with Crippen molar-refractivity contribution in [2.75, 3.05) is 16.8 Å². The molecule has 2 aromatic rings. The highest BCUT2D eigenvalue weighted by Gasteiger charge is 2.24. The van der Waals surface area contributed by atoms with Crippen molar-refractivity contribution in [3.63, 3.8) is 0 Å². The predicted octanol–water partition coefficient (Wildman–Crippen LogP) is 3.93. The van der Waals surface area contributed by atoms with Gasteiger partial charge in [0.2, 0.25) is 5.91 Å². The quantitative estimate of drug-likeness (QED) is 0.618. The van der Waals surface area contributed by atoms with Gasteiger partial charge in [-0.3, -0.25) is 19.7 Å². The standard InChI is InChI=1S/C20H21N3O4/c1-2-3-11-22-18-9-8-16(12-14(18)7-10-19(22)24)21-20(25)15-5-4-6-17(13-15)23(26)27/h4-6,8-9,12-13H,2-3,7,10-11H2,1H3,(H,21,25). The van der Waals surface area contributed by atoms with E-state index in [0.29, 0.717) is 25.1 Å². The second-order valence-corrected chi connectivity index (χ2v) is 6.50. The van der Waals surface area contributed by atoms with Gasteiger partial charge in [0.25, 0.3) is 11.6 Å². The Bertz CT molecular complexity index is 895. The van der Waals surface area contributed by atoms with Crippen molar-refractivity contribution in [2.45, 2.75) is 32.6 Å². The van der Waals surface area contributed by atoms with Gasteiger partial charge in [0.1, 0.15) is 0 Å². The fraction of sp³-hybridized carbons (Fsp3) is 0.300. The summed E-state index contributed by atoms with van der Waals surface area (Å²) in [7, 11) is 0. The number of aryl methyl sites for hydroxylation is 1. The highest BCUT2D eigenvalue weighted by molar-refractivity contribution is 6.05. The van der Waals surface area contributed by atoms with Crippen molar-refractivity contribution >= 4 is 28.9 Å². The Morgan fingerprint density at radius 1 is 1.22 bits per heavy atom. The molecule has 0 aromatic heterocycles. The van der Waals surface area contributed by atoms with Gasteiger partial charge in [0.15, 0.2) is 0 Å². The number of nitro groups is 1. The lowest BCUT2D eigenvalue weighted by Crippen LogP contribution is -2.35. The number of hydrogen-bond acceptors (Lipinski definition) is 4. The van der Waals surface area contributed by atoms with Crippen molar-refractivity contribution in [3.05, 3.63) is 63.7 Å². The van der Waals surface area contributed by atoms with Gasteiger partial charge in [-0.05, 0) is 42.7 Å². The molecule has 2 aromatic carbocycles.